The van der Waals surface area contributed by atoms with Crippen molar-refractivity contribution >= 4 is 11.7 Å². The molecular formula is C30H50N2O4. The summed E-state index contributed by atoms with van der Waals surface area (Å²) < 4.78 is 0. The van der Waals surface area contributed by atoms with Crippen LogP contribution in [-0.2, 0) is 9.59 Å². The Bertz CT molecular complexity index is 951. The summed E-state index contributed by atoms with van der Waals surface area (Å²) in [6.07, 6.45) is 5.60. The summed E-state index contributed by atoms with van der Waals surface area (Å²) in [6, 6.07) is 0.149. The largest absolute Gasteiger partial charge is 0.396 e. The number of ketones is 1. The van der Waals surface area contributed by atoms with Crippen LogP contribution in [0.5, 0.6) is 0 Å². The average Bonchev–Trinajstić information content (AvgIpc) is 3.44. The number of nitrogens with zero attached hydrogens (tertiary/aromatic N) is 1. The highest BCUT2D eigenvalue weighted by atomic mass is 16.3. The number of aliphatic hydroxyl groups excluding tert-OH is 2. The molecule has 204 valence electrons. The molecule has 8 unspecified atom stereocenters. The fourth-order valence-electron chi connectivity index (χ4n) is 11.0. The standard InChI is InChI=1S/C30H50N2O4/c1-17(2)25(36)31-22-11-12-29-15-30(29)21(10-9-20(29)26(22,4)16-33)27(5)13-19(34)24(18(3)32(7)8)28(27,6)14-23(30)35/h17-22,24,33-34H,9-16H2,1-8H3,(H,31,36)/t18?,19-,20?,21?,22?,24?,26+,27+,28?,29?,30?/m1/s1. The van der Waals surface area contributed by atoms with Gasteiger partial charge in [0.1, 0.15) is 5.78 Å². The van der Waals surface area contributed by atoms with Gasteiger partial charge in [0.2, 0.25) is 5.91 Å². The Morgan fingerprint density at radius 2 is 1.72 bits per heavy atom. The monoisotopic (exact) mass is 502 g/mol. The Labute approximate surface area is 218 Å². The van der Waals surface area contributed by atoms with Crippen LogP contribution in [0.3, 0.4) is 0 Å². The molecule has 0 bridgehead atoms. The fourth-order valence-corrected chi connectivity index (χ4v) is 11.0. The first-order valence-corrected chi connectivity index (χ1v) is 14.5. The predicted octanol–water partition coefficient (Wildman–Crippen LogP) is 3.64. The van der Waals surface area contributed by atoms with Gasteiger partial charge in [-0.1, -0.05) is 34.6 Å². The van der Waals surface area contributed by atoms with Crippen LogP contribution in [0.1, 0.15) is 86.5 Å². The fraction of sp³-hybridized carbons (Fsp3) is 0.933. The summed E-state index contributed by atoms with van der Waals surface area (Å²) in [5.74, 6) is 0.982. The number of Topliss-reactive ketones (excluding diaryl/α,β-unsaturated/α-hetero) is 1. The molecule has 0 aromatic heterocycles. The third-order valence-electron chi connectivity index (χ3n) is 13.2. The lowest BCUT2D eigenvalue weighted by Crippen LogP contribution is -2.64. The van der Waals surface area contributed by atoms with E-state index >= 15 is 0 Å². The summed E-state index contributed by atoms with van der Waals surface area (Å²) in [5, 5.41) is 25.5. The van der Waals surface area contributed by atoms with Gasteiger partial charge in [0.15, 0.2) is 0 Å². The molecule has 0 heterocycles. The highest BCUT2D eigenvalue weighted by Crippen LogP contribution is 2.87. The van der Waals surface area contributed by atoms with Crippen molar-refractivity contribution in [3.05, 3.63) is 0 Å². The Hall–Kier alpha value is -0.980. The van der Waals surface area contributed by atoms with Gasteiger partial charge in [0, 0.05) is 41.2 Å². The second kappa shape index (κ2) is 8.02. The smallest absolute Gasteiger partial charge is 0.222 e. The highest BCUT2D eigenvalue weighted by molar-refractivity contribution is 5.92. The third-order valence-corrected chi connectivity index (χ3v) is 13.2. The van der Waals surface area contributed by atoms with Crippen molar-refractivity contribution in [2.24, 2.45) is 50.7 Å². The Morgan fingerprint density at radius 1 is 1.08 bits per heavy atom. The summed E-state index contributed by atoms with van der Waals surface area (Å²) >= 11 is 0. The van der Waals surface area contributed by atoms with Gasteiger partial charge in [-0.2, -0.15) is 0 Å². The Balaban J connectivity index is 1.51. The van der Waals surface area contributed by atoms with Crippen molar-refractivity contribution in [3.8, 4) is 0 Å². The van der Waals surface area contributed by atoms with Crippen LogP contribution < -0.4 is 5.32 Å². The molecule has 3 N–H and O–H groups in total. The first-order chi connectivity index (χ1) is 16.7. The van der Waals surface area contributed by atoms with Crippen LogP contribution >= 0.6 is 0 Å². The second-order valence-electron chi connectivity index (χ2n) is 14.8. The molecule has 5 rings (SSSR count). The van der Waals surface area contributed by atoms with E-state index in [9.17, 15) is 19.8 Å². The van der Waals surface area contributed by atoms with E-state index in [2.05, 4.69) is 52.0 Å². The first kappa shape index (κ1) is 26.6. The van der Waals surface area contributed by atoms with Crippen LogP contribution in [0.4, 0.5) is 0 Å². The minimum atomic E-state index is -0.420. The number of nitrogens with one attached hydrogen (secondary N) is 1. The van der Waals surface area contributed by atoms with Crippen molar-refractivity contribution in [1.82, 2.24) is 10.2 Å². The van der Waals surface area contributed by atoms with E-state index < -0.39 is 11.5 Å². The van der Waals surface area contributed by atoms with Crippen molar-refractivity contribution in [3.63, 3.8) is 0 Å². The van der Waals surface area contributed by atoms with Gasteiger partial charge in [-0.15, -0.1) is 0 Å². The van der Waals surface area contributed by atoms with Crippen LogP contribution in [0.15, 0.2) is 0 Å². The molecule has 2 spiro atoms. The average molecular weight is 503 g/mol. The van der Waals surface area contributed by atoms with Crippen LogP contribution in [0, 0.1) is 50.7 Å². The molecule has 5 saturated carbocycles. The SMILES string of the molecule is CC(C)C(=O)NC1CCC23CC24C(=O)CC2(C)C(C(C)N(C)C)[C@H](O)C[C@@]2(C)C4CCC3[C@]1(C)CO. The van der Waals surface area contributed by atoms with Crippen LogP contribution in [0.25, 0.3) is 0 Å². The van der Waals surface area contributed by atoms with E-state index in [1.165, 1.54) is 0 Å². The van der Waals surface area contributed by atoms with E-state index in [0.29, 0.717) is 12.2 Å². The Kier molecular flexibility index (Phi) is 5.93. The number of carbonyl (C=O) groups is 2. The predicted molar refractivity (Wildman–Crippen MR) is 140 cm³/mol. The van der Waals surface area contributed by atoms with Gasteiger partial charge in [0.05, 0.1) is 12.7 Å². The molecule has 5 fully saturated rings. The van der Waals surface area contributed by atoms with E-state index in [1.807, 2.05) is 13.8 Å². The maximum Gasteiger partial charge on any atom is 0.222 e. The number of carbonyl (C=O) groups excluding carboxylic acids is 2. The number of rotatable bonds is 5. The van der Waals surface area contributed by atoms with Crippen LogP contribution in [-0.4, -0.2) is 65.7 Å². The molecule has 11 atom stereocenters. The molecule has 6 heteroatoms. The quantitative estimate of drug-likeness (QED) is 0.534. The molecule has 0 saturated heterocycles. The maximum absolute atomic E-state index is 14.4. The van der Waals surface area contributed by atoms with Crippen LogP contribution in [0.2, 0.25) is 0 Å². The molecule has 5 aliphatic carbocycles. The number of aliphatic hydroxyl groups is 2. The Morgan fingerprint density at radius 3 is 2.31 bits per heavy atom. The van der Waals surface area contributed by atoms with Crippen molar-refractivity contribution < 1.29 is 19.8 Å². The van der Waals surface area contributed by atoms with Gasteiger partial charge in [0.25, 0.3) is 0 Å². The van der Waals surface area contributed by atoms with Gasteiger partial charge in [-0.3, -0.25) is 9.59 Å². The topological polar surface area (TPSA) is 89.9 Å². The van der Waals surface area contributed by atoms with Crippen molar-refractivity contribution in [2.75, 3.05) is 20.7 Å². The number of hydrogen-bond donors (Lipinski definition) is 3. The van der Waals surface area contributed by atoms with Gasteiger partial charge < -0.3 is 20.4 Å². The molecular weight excluding hydrogens is 452 g/mol. The normalized spacial score (nSPS) is 52.3. The lowest BCUT2D eigenvalue weighted by molar-refractivity contribution is -0.173. The molecule has 1 amide bonds. The minimum absolute atomic E-state index is 0.0352. The molecule has 0 radical (unpaired) electrons. The zero-order valence-corrected chi connectivity index (χ0v) is 23.9. The zero-order valence-electron chi connectivity index (χ0n) is 23.9. The highest BCUT2D eigenvalue weighted by Gasteiger charge is 2.86. The summed E-state index contributed by atoms with van der Waals surface area (Å²) in [5.41, 5.74) is -1.10. The molecule has 36 heavy (non-hydrogen) atoms. The first-order valence-electron chi connectivity index (χ1n) is 14.5. The van der Waals surface area contributed by atoms with E-state index in [-0.39, 0.29) is 69.9 Å². The van der Waals surface area contributed by atoms with E-state index in [1.54, 1.807) is 0 Å². The lowest BCUT2D eigenvalue weighted by atomic mass is 9.41. The zero-order chi connectivity index (χ0) is 26.6. The summed E-state index contributed by atoms with van der Waals surface area (Å²) in [7, 11) is 4.16. The minimum Gasteiger partial charge on any atom is -0.396 e. The number of hydrogen-bond acceptors (Lipinski definition) is 5. The van der Waals surface area contributed by atoms with E-state index in [0.717, 1.165) is 38.5 Å². The maximum atomic E-state index is 14.4. The van der Waals surface area contributed by atoms with Gasteiger partial charge >= 0.3 is 0 Å². The summed E-state index contributed by atoms with van der Waals surface area (Å²) in [4.78, 5) is 29.2. The van der Waals surface area contributed by atoms with Crippen molar-refractivity contribution in [1.29, 1.82) is 0 Å². The molecule has 0 aromatic rings. The van der Waals surface area contributed by atoms with E-state index in [4.69, 9.17) is 0 Å². The van der Waals surface area contributed by atoms with Gasteiger partial charge in [-0.25, -0.2) is 0 Å². The lowest BCUT2D eigenvalue weighted by Gasteiger charge is -2.63. The molecule has 6 nitrogen and oxygen atoms in total. The second-order valence-corrected chi connectivity index (χ2v) is 14.8. The number of fused-ring (bicyclic) bond motifs is 2. The summed E-state index contributed by atoms with van der Waals surface area (Å²) in [6.45, 7) is 12.9. The molecule has 5 aliphatic rings. The van der Waals surface area contributed by atoms with Gasteiger partial charge in [-0.05, 0) is 87.6 Å². The van der Waals surface area contributed by atoms with Crippen molar-refractivity contribution in [2.45, 2.75) is 105 Å². The molecule has 0 aliphatic heterocycles. The third kappa shape index (κ3) is 2.96. The number of amides is 1. The molecule has 0 aromatic carbocycles.